The maximum atomic E-state index is 13.6. The van der Waals surface area contributed by atoms with Gasteiger partial charge in [0, 0.05) is 23.4 Å². The van der Waals surface area contributed by atoms with Gasteiger partial charge in [-0.25, -0.2) is 9.87 Å². The number of carbonyl (C=O) groups is 2. The number of carbonyl (C=O) groups excluding carboxylic acids is 2. The van der Waals surface area contributed by atoms with Crippen molar-refractivity contribution in [2.45, 2.75) is 19.3 Å². The Labute approximate surface area is 173 Å². The molecule has 0 radical (unpaired) electrons. The number of nitrogens with zero attached hydrogens (tertiary/aromatic N) is 1. The Morgan fingerprint density at radius 1 is 1.00 bits per heavy atom. The molecule has 0 bridgehead atoms. The fourth-order valence-electron chi connectivity index (χ4n) is 3.86. The van der Waals surface area contributed by atoms with Crippen molar-refractivity contribution in [1.82, 2.24) is 10.4 Å². The molecule has 0 saturated carbocycles. The topological polar surface area (TPSA) is 69.6 Å². The van der Waals surface area contributed by atoms with Gasteiger partial charge in [0.05, 0.1) is 0 Å². The number of hydrogen-bond donors (Lipinski definition) is 2. The lowest BCUT2D eigenvalue weighted by molar-refractivity contribution is -0.125. The van der Waals surface area contributed by atoms with Crippen molar-refractivity contribution in [3.05, 3.63) is 94.5 Å². The van der Waals surface area contributed by atoms with Crippen molar-refractivity contribution in [3.8, 4) is 0 Å². The summed E-state index contributed by atoms with van der Waals surface area (Å²) in [6.07, 6.45) is 5.41. The number of hydroxylamine groups is 1. The average Bonchev–Trinajstić information content (AvgIpc) is 3.21. The second-order valence-electron chi connectivity index (χ2n) is 7.28. The number of amides is 2. The second-order valence-corrected chi connectivity index (χ2v) is 7.28. The fourth-order valence-corrected chi connectivity index (χ4v) is 3.86. The molecule has 2 aromatic rings. The lowest BCUT2D eigenvalue weighted by Gasteiger charge is -2.23. The molecule has 2 N–H and O–H groups in total. The Morgan fingerprint density at radius 3 is 2.43 bits per heavy atom. The van der Waals surface area contributed by atoms with E-state index in [9.17, 15) is 14.0 Å². The van der Waals surface area contributed by atoms with E-state index in [0.717, 1.165) is 28.8 Å². The smallest absolute Gasteiger partial charge is 0.270 e. The SMILES string of the molecule is O=C(NO)C1=CC2=C(CC1)CCN2C(=O)/C(=C/c1ccc(F)cc1)c1ccccc1. The Kier molecular flexibility index (Phi) is 5.59. The molecule has 2 aliphatic rings. The summed E-state index contributed by atoms with van der Waals surface area (Å²) in [6.45, 7) is 0.529. The van der Waals surface area contributed by atoms with Gasteiger partial charge in [-0.3, -0.25) is 14.8 Å². The fraction of sp³-hybridized carbons (Fsp3) is 0.167. The van der Waals surface area contributed by atoms with E-state index in [1.165, 1.54) is 12.1 Å². The number of nitrogens with one attached hydrogen (secondary N) is 1. The van der Waals surface area contributed by atoms with E-state index in [2.05, 4.69) is 0 Å². The monoisotopic (exact) mass is 404 g/mol. The molecule has 4 rings (SSSR count). The maximum absolute atomic E-state index is 13.6. The van der Waals surface area contributed by atoms with E-state index < -0.39 is 5.91 Å². The molecule has 2 aromatic carbocycles. The number of halogens is 1. The molecule has 0 aromatic heterocycles. The van der Waals surface area contributed by atoms with Crippen LogP contribution in [0.1, 0.15) is 30.4 Å². The molecule has 0 atom stereocenters. The zero-order chi connectivity index (χ0) is 21.1. The van der Waals surface area contributed by atoms with Crippen LogP contribution in [0.2, 0.25) is 0 Å². The van der Waals surface area contributed by atoms with Crippen LogP contribution in [-0.4, -0.2) is 28.5 Å². The van der Waals surface area contributed by atoms with Crippen molar-refractivity contribution in [1.29, 1.82) is 0 Å². The van der Waals surface area contributed by atoms with E-state index in [0.29, 0.717) is 30.5 Å². The molecular formula is C24H21FN2O3. The second kappa shape index (κ2) is 8.47. The molecule has 2 amide bonds. The summed E-state index contributed by atoms with van der Waals surface area (Å²) in [5.41, 5.74) is 5.94. The molecule has 152 valence electrons. The molecule has 1 aliphatic carbocycles. The van der Waals surface area contributed by atoms with Crippen molar-refractivity contribution in [3.63, 3.8) is 0 Å². The highest BCUT2D eigenvalue weighted by Gasteiger charge is 2.31. The van der Waals surface area contributed by atoms with Gasteiger partial charge in [-0.1, -0.05) is 42.5 Å². The first kappa shape index (κ1) is 19.8. The van der Waals surface area contributed by atoms with Crippen LogP contribution in [0.4, 0.5) is 4.39 Å². The quantitative estimate of drug-likeness (QED) is 0.349. The van der Waals surface area contributed by atoms with Gasteiger partial charge in [0.1, 0.15) is 5.82 Å². The van der Waals surface area contributed by atoms with Crippen LogP contribution in [0.15, 0.2) is 77.5 Å². The molecule has 30 heavy (non-hydrogen) atoms. The minimum absolute atomic E-state index is 0.183. The van der Waals surface area contributed by atoms with Crippen molar-refractivity contribution >= 4 is 23.5 Å². The summed E-state index contributed by atoms with van der Waals surface area (Å²) in [5, 5.41) is 8.95. The van der Waals surface area contributed by atoms with Crippen molar-refractivity contribution < 1.29 is 19.2 Å². The third-order valence-electron chi connectivity index (χ3n) is 5.43. The summed E-state index contributed by atoms with van der Waals surface area (Å²) in [5.74, 6) is -1.07. The molecule has 0 spiro atoms. The number of rotatable bonds is 4. The molecule has 0 saturated heterocycles. The largest absolute Gasteiger partial charge is 0.308 e. The van der Waals surface area contributed by atoms with E-state index in [1.54, 1.807) is 34.7 Å². The first-order valence-electron chi connectivity index (χ1n) is 9.78. The van der Waals surface area contributed by atoms with Gasteiger partial charge in [0.15, 0.2) is 0 Å². The van der Waals surface area contributed by atoms with E-state index in [1.807, 2.05) is 30.3 Å². The summed E-state index contributed by atoms with van der Waals surface area (Å²) >= 11 is 0. The predicted molar refractivity (Wildman–Crippen MR) is 111 cm³/mol. The van der Waals surface area contributed by atoms with Crippen LogP contribution in [0.3, 0.4) is 0 Å². The summed E-state index contributed by atoms with van der Waals surface area (Å²) in [4.78, 5) is 27.1. The molecule has 0 unspecified atom stereocenters. The highest BCUT2D eigenvalue weighted by molar-refractivity contribution is 6.24. The van der Waals surface area contributed by atoms with Gasteiger partial charge in [-0.2, -0.15) is 0 Å². The minimum Gasteiger partial charge on any atom is -0.308 e. The summed E-state index contributed by atoms with van der Waals surface area (Å²) < 4.78 is 13.3. The van der Waals surface area contributed by atoms with Crippen LogP contribution in [0.5, 0.6) is 0 Å². The molecule has 1 heterocycles. The van der Waals surface area contributed by atoms with Gasteiger partial charge >= 0.3 is 0 Å². The van der Waals surface area contributed by atoms with Gasteiger partial charge in [-0.15, -0.1) is 0 Å². The number of benzene rings is 2. The van der Waals surface area contributed by atoms with Crippen LogP contribution in [0.25, 0.3) is 11.6 Å². The highest BCUT2D eigenvalue weighted by atomic mass is 19.1. The van der Waals surface area contributed by atoms with E-state index in [4.69, 9.17) is 5.21 Å². The summed E-state index contributed by atoms with van der Waals surface area (Å²) in [7, 11) is 0. The lowest BCUT2D eigenvalue weighted by atomic mass is 9.95. The Morgan fingerprint density at radius 2 is 1.73 bits per heavy atom. The predicted octanol–water partition coefficient (Wildman–Crippen LogP) is 4.08. The maximum Gasteiger partial charge on any atom is 0.270 e. The zero-order valence-corrected chi connectivity index (χ0v) is 16.3. The van der Waals surface area contributed by atoms with Gasteiger partial charge in [0.2, 0.25) is 0 Å². The Balaban J connectivity index is 1.72. The molecule has 0 fully saturated rings. The minimum atomic E-state index is -0.550. The normalized spacial score (nSPS) is 16.3. The first-order valence-corrected chi connectivity index (χ1v) is 9.78. The van der Waals surface area contributed by atoms with E-state index in [-0.39, 0.29) is 11.7 Å². The van der Waals surface area contributed by atoms with Crippen molar-refractivity contribution in [2.24, 2.45) is 0 Å². The standard InChI is InChI=1S/C24H21FN2O3/c25-20-10-6-16(7-11-20)14-21(17-4-2-1-3-5-17)24(29)27-13-12-18-8-9-19(15-22(18)27)23(28)26-30/h1-7,10-11,14-15,30H,8-9,12-13H2,(H,26,28)/b21-14+. The number of hydrogen-bond acceptors (Lipinski definition) is 3. The van der Waals surface area contributed by atoms with Gasteiger partial charge in [-0.05, 0) is 60.2 Å². The van der Waals surface area contributed by atoms with Crippen LogP contribution < -0.4 is 5.48 Å². The third kappa shape index (κ3) is 3.95. The number of allylic oxidation sites excluding steroid dienone is 1. The van der Waals surface area contributed by atoms with Crippen LogP contribution >= 0.6 is 0 Å². The Hall–Kier alpha value is -3.51. The van der Waals surface area contributed by atoms with E-state index >= 15 is 0 Å². The third-order valence-corrected chi connectivity index (χ3v) is 5.43. The zero-order valence-electron chi connectivity index (χ0n) is 16.3. The lowest BCUT2D eigenvalue weighted by Crippen LogP contribution is -2.29. The van der Waals surface area contributed by atoms with Crippen LogP contribution in [-0.2, 0) is 9.59 Å². The molecular weight excluding hydrogens is 383 g/mol. The van der Waals surface area contributed by atoms with Gasteiger partial charge in [0.25, 0.3) is 11.8 Å². The average molecular weight is 404 g/mol. The Bertz CT molecular complexity index is 1070. The molecule has 1 aliphatic heterocycles. The molecule has 5 nitrogen and oxygen atoms in total. The van der Waals surface area contributed by atoms with Crippen molar-refractivity contribution in [2.75, 3.05) is 6.54 Å². The van der Waals surface area contributed by atoms with Crippen LogP contribution in [0, 0.1) is 5.82 Å². The molecule has 6 heteroatoms. The highest BCUT2D eigenvalue weighted by Crippen LogP contribution is 2.36. The summed E-state index contributed by atoms with van der Waals surface area (Å²) in [6, 6.07) is 15.3. The van der Waals surface area contributed by atoms with Gasteiger partial charge < -0.3 is 4.90 Å². The first-order chi connectivity index (χ1) is 14.6.